The highest BCUT2D eigenvalue weighted by Gasteiger charge is 2.06. The van der Waals surface area contributed by atoms with Gasteiger partial charge in [0.05, 0.1) is 0 Å². The van der Waals surface area contributed by atoms with E-state index in [9.17, 15) is 4.79 Å². The van der Waals surface area contributed by atoms with Crippen molar-refractivity contribution in [1.82, 2.24) is 0 Å². The lowest BCUT2D eigenvalue weighted by molar-refractivity contribution is -0.134. The molecule has 0 bridgehead atoms. The van der Waals surface area contributed by atoms with Gasteiger partial charge in [0.1, 0.15) is 5.75 Å². The molecule has 1 aromatic rings. The fraction of sp³-hybridized carbons (Fsp3) is 0.462. The highest BCUT2D eigenvalue weighted by Crippen LogP contribution is 2.20. The molecular formula is C13H18O2. The highest BCUT2D eigenvalue weighted by molar-refractivity contribution is 5.72. The van der Waals surface area contributed by atoms with Crippen molar-refractivity contribution in [2.24, 2.45) is 0 Å². The van der Waals surface area contributed by atoms with Gasteiger partial charge in [-0.3, -0.25) is 4.79 Å². The monoisotopic (exact) mass is 206 g/mol. The molecule has 0 aliphatic carbocycles. The summed E-state index contributed by atoms with van der Waals surface area (Å²) in [7, 11) is 0. The predicted octanol–water partition coefficient (Wildman–Crippen LogP) is 3.34. The van der Waals surface area contributed by atoms with E-state index in [1.54, 1.807) is 6.92 Å². The van der Waals surface area contributed by atoms with Gasteiger partial charge in [-0.25, -0.2) is 0 Å². The van der Waals surface area contributed by atoms with Crippen molar-refractivity contribution >= 4 is 5.97 Å². The number of hydrogen-bond donors (Lipinski definition) is 0. The van der Waals surface area contributed by atoms with Gasteiger partial charge in [0.25, 0.3) is 0 Å². The summed E-state index contributed by atoms with van der Waals surface area (Å²) in [6, 6.07) is 7.76. The van der Waals surface area contributed by atoms with Gasteiger partial charge in [-0.15, -0.1) is 0 Å². The van der Waals surface area contributed by atoms with Crippen molar-refractivity contribution < 1.29 is 9.53 Å². The van der Waals surface area contributed by atoms with Crippen molar-refractivity contribution in [2.45, 2.75) is 39.5 Å². The molecule has 0 spiro atoms. The zero-order valence-corrected chi connectivity index (χ0v) is 9.45. The van der Waals surface area contributed by atoms with Crippen LogP contribution in [0.3, 0.4) is 0 Å². The third-order valence-electron chi connectivity index (χ3n) is 2.28. The number of benzene rings is 1. The Morgan fingerprint density at radius 3 is 2.67 bits per heavy atom. The molecule has 0 aliphatic rings. The van der Waals surface area contributed by atoms with Gasteiger partial charge in [-0.05, 0) is 24.5 Å². The van der Waals surface area contributed by atoms with E-state index in [1.165, 1.54) is 0 Å². The van der Waals surface area contributed by atoms with Gasteiger partial charge in [0, 0.05) is 6.42 Å². The first-order valence-corrected chi connectivity index (χ1v) is 5.56. The molecule has 1 aromatic carbocycles. The van der Waals surface area contributed by atoms with E-state index < -0.39 is 0 Å². The summed E-state index contributed by atoms with van der Waals surface area (Å²) < 4.78 is 5.25. The maximum Gasteiger partial charge on any atom is 0.310 e. The van der Waals surface area contributed by atoms with Crippen LogP contribution in [0.25, 0.3) is 0 Å². The highest BCUT2D eigenvalue weighted by atomic mass is 16.5. The maximum absolute atomic E-state index is 11.2. The number of ether oxygens (including phenoxy) is 1. The lowest BCUT2D eigenvalue weighted by atomic mass is 10.1. The summed E-state index contributed by atoms with van der Waals surface area (Å²) in [6.07, 6.45) is 3.67. The lowest BCUT2D eigenvalue weighted by Gasteiger charge is -2.08. The average molecular weight is 206 g/mol. The summed E-state index contributed by atoms with van der Waals surface area (Å²) in [5.41, 5.74) is 1.13. The van der Waals surface area contributed by atoms with Gasteiger partial charge < -0.3 is 4.74 Å². The zero-order chi connectivity index (χ0) is 11.1. The standard InChI is InChI=1S/C13H18O2/c1-3-5-8-11-9-6-7-10-12(11)15-13(14)4-2/h6-7,9-10H,3-5,8H2,1-2H3. The number of unbranched alkanes of at least 4 members (excludes halogenated alkanes) is 1. The van der Waals surface area contributed by atoms with E-state index in [4.69, 9.17) is 4.74 Å². The molecule has 1 rings (SSSR count). The topological polar surface area (TPSA) is 26.3 Å². The molecule has 0 atom stereocenters. The Balaban J connectivity index is 2.72. The molecule has 0 fully saturated rings. The van der Waals surface area contributed by atoms with Crippen molar-refractivity contribution in [3.8, 4) is 5.75 Å². The van der Waals surface area contributed by atoms with Gasteiger partial charge in [-0.1, -0.05) is 38.5 Å². The molecule has 2 heteroatoms. The third kappa shape index (κ3) is 3.74. The van der Waals surface area contributed by atoms with E-state index in [0.717, 1.165) is 30.6 Å². The predicted molar refractivity (Wildman–Crippen MR) is 61.0 cm³/mol. The van der Waals surface area contributed by atoms with Gasteiger partial charge in [0.2, 0.25) is 0 Å². The Labute approximate surface area is 91.3 Å². The summed E-state index contributed by atoms with van der Waals surface area (Å²) in [5.74, 6) is 0.553. The second-order valence-electron chi connectivity index (χ2n) is 3.54. The Morgan fingerprint density at radius 1 is 1.27 bits per heavy atom. The minimum Gasteiger partial charge on any atom is -0.426 e. The van der Waals surface area contributed by atoms with Crippen molar-refractivity contribution in [2.75, 3.05) is 0 Å². The molecule has 0 heterocycles. The molecule has 0 amide bonds. The van der Waals surface area contributed by atoms with Crippen LogP contribution in [0.1, 0.15) is 38.7 Å². The number of carbonyl (C=O) groups is 1. The first kappa shape index (κ1) is 11.8. The first-order valence-electron chi connectivity index (χ1n) is 5.56. The van der Waals surface area contributed by atoms with Crippen LogP contribution in [0, 0.1) is 0 Å². The Hall–Kier alpha value is -1.31. The van der Waals surface area contributed by atoms with E-state index >= 15 is 0 Å². The molecule has 0 aromatic heterocycles. The number of para-hydroxylation sites is 1. The third-order valence-corrected chi connectivity index (χ3v) is 2.28. The minimum atomic E-state index is -0.168. The van der Waals surface area contributed by atoms with Crippen LogP contribution in [0.2, 0.25) is 0 Å². The van der Waals surface area contributed by atoms with Gasteiger partial charge in [0.15, 0.2) is 0 Å². The largest absolute Gasteiger partial charge is 0.426 e. The fourth-order valence-electron chi connectivity index (χ4n) is 1.37. The van der Waals surface area contributed by atoms with Crippen LogP contribution in [-0.4, -0.2) is 5.97 Å². The van der Waals surface area contributed by atoms with Crippen LogP contribution in [-0.2, 0) is 11.2 Å². The van der Waals surface area contributed by atoms with Crippen LogP contribution in [0.5, 0.6) is 5.75 Å². The smallest absolute Gasteiger partial charge is 0.310 e. The second kappa shape index (κ2) is 6.23. The number of aryl methyl sites for hydroxylation is 1. The maximum atomic E-state index is 11.2. The molecule has 82 valence electrons. The van der Waals surface area contributed by atoms with E-state index in [-0.39, 0.29) is 5.97 Å². The van der Waals surface area contributed by atoms with E-state index in [2.05, 4.69) is 6.92 Å². The van der Waals surface area contributed by atoms with Crippen molar-refractivity contribution in [3.05, 3.63) is 29.8 Å². The molecule has 2 nitrogen and oxygen atoms in total. The summed E-state index contributed by atoms with van der Waals surface area (Å²) >= 11 is 0. The molecular weight excluding hydrogens is 188 g/mol. The van der Waals surface area contributed by atoms with Crippen molar-refractivity contribution in [1.29, 1.82) is 0 Å². The Kier molecular flexibility index (Phi) is 4.88. The van der Waals surface area contributed by atoms with E-state index in [1.807, 2.05) is 24.3 Å². The minimum absolute atomic E-state index is 0.168. The lowest BCUT2D eigenvalue weighted by Crippen LogP contribution is -2.07. The molecule has 0 saturated carbocycles. The second-order valence-corrected chi connectivity index (χ2v) is 3.54. The number of esters is 1. The van der Waals surface area contributed by atoms with Crippen LogP contribution < -0.4 is 4.74 Å². The fourth-order valence-corrected chi connectivity index (χ4v) is 1.37. The quantitative estimate of drug-likeness (QED) is 0.545. The number of carbonyl (C=O) groups excluding carboxylic acids is 1. The van der Waals surface area contributed by atoms with Crippen LogP contribution in [0.15, 0.2) is 24.3 Å². The van der Waals surface area contributed by atoms with Crippen molar-refractivity contribution in [3.63, 3.8) is 0 Å². The Morgan fingerprint density at radius 2 is 2.00 bits per heavy atom. The first-order chi connectivity index (χ1) is 7.27. The molecule has 0 unspecified atom stereocenters. The van der Waals surface area contributed by atoms with Crippen LogP contribution >= 0.6 is 0 Å². The zero-order valence-electron chi connectivity index (χ0n) is 9.45. The molecule has 0 saturated heterocycles. The normalized spacial score (nSPS) is 10.0. The van der Waals surface area contributed by atoms with Gasteiger partial charge >= 0.3 is 5.97 Å². The average Bonchev–Trinajstić information content (AvgIpc) is 2.28. The molecule has 0 radical (unpaired) electrons. The molecule has 0 aliphatic heterocycles. The summed E-state index contributed by atoms with van der Waals surface area (Å²) in [6.45, 7) is 3.96. The Bertz CT molecular complexity index is 318. The SMILES string of the molecule is CCCCc1ccccc1OC(=O)CC. The number of rotatable bonds is 5. The molecule has 15 heavy (non-hydrogen) atoms. The van der Waals surface area contributed by atoms with Gasteiger partial charge in [-0.2, -0.15) is 0 Å². The molecule has 0 N–H and O–H groups in total. The van der Waals surface area contributed by atoms with E-state index in [0.29, 0.717) is 6.42 Å². The summed E-state index contributed by atoms with van der Waals surface area (Å²) in [5, 5.41) is 0. The van der Waals surface area contributed by atoms with Crippen LogP contribution in [0.4, 0.5) is 0 Å². The number of hydrogen-bond acceptors (Lipinski definition) is 2. The summed E-state index contributed by atoms with van der Waals surface area (Å²) in [4.78, 5) is 11.2.